The maximum Gasteiger partial charge on any atom is 0.257 e. The van der Waals surface area contributed by atoms with E-state index in [0.717, 1.165) is 33.2 Å². The van der Waals surface area contributed by atoms with Crippen LogP contribution in [-0.4, -0.2) is 53.7 Å². The number of hydrogen-bond acceptors (Lipinski definition) is 8. The molecule has 1 aromatic heterocycles. The van der Waals surface area contributed by atoms with E-state index in [1.165, 1.54) is 23.1 Å². The minimum Gasteiger partial charge on any atom is -0.496 e. The number of anilines is 1. The summed E-state index contributed by atoms with van der Waals surface area (Å²) in [5.74, 6) is 0.155. The molecule has 2 N–H and O–H groups in total. The van der Waals surface area contributed by atoms with Gasteiger partial charge in [0, 0.05) is 49.0 Å². The lowest BCUT2D eigenvalue weighted by atomic mass is 9.88. The number of amides is 2. The molecular formula is C36H50N4O4S2. The molecule has 0 bridgehead atoms. The summed E-state index contributed by atoms with van der Waals surface area (Å²) in [5, 5.41) is 6.97. The van der Waals surface area contributed by atoms with Gasteiger partial charge in [0.25, 0.3) is 5.91 Å². The molecule has 3 rings (SSSR count). The number of Topliss-reactive ketones (excluding diaryl/α,β-unsaturated/α-hetero) is 1. The van der Waals surface area contributed by atoms with Crippen LogP contribution in [0.1, 0.15) is 99.6 Å². The topological polar surface area (TPSA) is 101 Å². The zero-order valence-corrected chi connectivity index (χ0v) is 30.4. The number of thiazole rings is 1. The molecule has 0 aliphatic heterocycles. The Morgan fingerprint density at radius 1 is 1.09 bits per heavy atom. The van der Waals surface area contributed by atoms with Crippen molar-refractivity contribution in [1.82, 2.24) is 15.2 Å². The van der Waals surface area contributed by atoms with E-state index in [0.29, 0.717) is 54.0 Å². The van der Waals surface area contributed by atoms with Crippen LogP contribution in [0.3, 0.4) is 0 Å². The van der Waals surface area contributed by atoms with E-state index in [1.807, 2.05) is 62.1 Å². The van der Waals surface area contributed by atoms with Gasteiger partial charge in [-0.05, 0) is 73.9 Å². The van der Waals surface area contributed by atoms with Gasteiger partial charge in [0.05, 0.1) is 23.1 Å². The molecular weight excluding hydrogens is 617 g/mol. The molecule has 3 aromatic rings. The number of carbonyl (C=O) groups excluding carboxylic acids is 3. The fraction of sp³-hybridized carbons (Fsp3) is 0.500. The Morgan fingerprint density at radius 3 is 2.37 bits per heavy atom. The molecule has 2 amide bonds. The Bertz CT molecular complexity index is 1480. The standard InChI is InChI=1S/C36H50N4O4S2/c1-10-17-40(25(5)41)18-16-27(11-2)33(42)29-20-31(23(3)19-30(29)44-9)45-32-22-38-35(46-32)39-34(43)28-14-12-26(13-15-28)21-37-24(4)36(6,7)8/h12-15,19-20,22,24,27,37H,10-11,16-18,21H2,1-9H3,(H,38,39,43). The molecule has 0 spiro atoms. The van der Waals surface area contributed by atoms with Crippen LogP contribution in [0.25, 0.3) is 0 Å². The van der Waals surface area contributed by atoms with Gasteiger partial charge in [0.2, 0.25) is 5.91 Å². The van der Waals surface area contributed by atoms with Crippen LogP contribution >= 0.6 is 23.1 Å². The van der Waals surface area contributed by atoms with E-state index < -0.39 is 0 Å². The summed E-state index contributed by atoms with van der Waals surface area (Å²) >= 11 is 2.89. The van der Waals surface area contributed by atoms with E-state index in [2.05, 4.69) is 43.3 Å². The number of ether oxygens (including phenoxy) is 1. The molecule has 2 atom stereocenters. The van der Waals surface area contributed by atoms with Crippen LogP contribution in [0.5, 0.6) is 5.75 Å². The van der Waals surface area contributed by atoms with Crippen LogP contribution in [0.2, 0.25) is 0 Å². The highest BCUT2D eigenvalue weighted by molar-refractivity contribution is 8.01. The number of nitrogens with zero attached hydrogens (tertiary/aromatic N) is 2. The normalized spacial score (nSPS) is 12.8. The second-order valence-corrected chi connectivity index (χ2v) is 15.2. The van der Waals surface area contributed by atoms with Crippen LogP contribution in [0.4, 0.5) is 5.13 Å². The minimum atomic E-state index is -0.226. The van der Waals surface area contributed by atoms with Crippen molar-refractivity contribution in [2.24, 2.45) is 11.3 Å². The summed E-state index contributed by atoms with van der Waals surface area (Å²) in [7, 11) is 1.58. The van der Waals surface area contributed by atoms with Gasteiger partial charge in [-0.25, -0.2) is 4.98 Å². The zero-order valence-electron chi connectivity index (χ0n) is 28.8. The predicted molar refractivity (Wildman–Crippen MR) is 189 cm³/mol. The summed E-state index contributed by atoms with van der Waals surface area (Å²) in [6, 6.07) is 11.8. The van der Waals surface area contributed by atoms with Gasteiger partial charge in [-0.15, -0.1) is 0 Å². The van der Waals surface area contributed by atoms with Gasteiger partial charge >= 0.3 is 0 Å². The number of methoxy groups -OCH3 is 1. The van der Waals surface area contributed by atoms with Crippen molar-refractivity contribution in [1.29, 1.82) is 0 Å². The largest absolute Gasteiger partial charge is 0.496 e. The number of carbonyl (C=O) groups is 3. The van der Waals surface area contributed by atoms with Crippen molar-refractivity contribution in [3.63, 3.8) is 0 Å². The minimum absolute atomic E-state index is 0.0176. The Kier molecular flexibility index (Phi) is 13.8. The van der Waals surface area contributed by atoms with E-state index in [1.54, 1.807) is 20.2 Å². The Morgan fingerprint density at radius 2 is 1.78 bits per heavy atom. The number of benzene rings is 2. The van der Waals surface area contributed by atoms with E-state index in [-0.39, 0.29) is 28.9 Å². The molecule has 10 heteroatoms. The van der Waals surface area contributed by atoms with Gasteiger partial charge in [0.15, 0.2) is 10.9 Å². The van der Waals surface area contributed by atoms with E-state index >= 15 is 0 Å². The van der Waals surface area contributed by atoms with Gasteiger partial charge in [0.1, 0.15) is 5.75 Å². The van der Waals surface area contributed by atoms with Crippen LogP contribution < -0.4 is 15.4 Å². The van der Waals surface area contributed by atoms with Crippen molar-refractivity contribution in [2.45, 2.75) is 96.3 Å². The first kappa shape index (κ1) is 37.2. The number of rotatable bonds is 16. The fourth-order valence-corrected chi connectivity index (χ4v) is 6.81. The highest BCUT2D eigenvalue weighted by Crippen LogP contribution is 2.39. The summed E-state index contributed by atoms with van der Waals surface area (Å²) in [6.07, 6.45) is 3.88. The molecule has 0 saturated heterocycles. The zero-order chi connectivity index (χ0) is 34.0. The van der Waals surface area contributed by atoms with Crippen molar-refractivity contribution >= 4 is 45.8 Å². The van der Waals surface area contributed by atoms with Crippen molar-refractivity contribution in [3.8, 4) is 5.75 Å². The third kappa shape index (κ3) is 10.4. The summed E-state index contributed by atoms with van der Waals surface area (Å²) < 4.78 is 6.52. The first-order valence-corrected chi connectivity index (χ1v) is 17.7. The lowest BCUT2D eigenvalue weighted by molar-refractivity contribution is -0.129. The average molecular weight is 667 g/mol. The van der Waals surface area contributed by atoms with Gasteiger partial charge < -0.3 is 15.0 Å². The Labute approximate surface area is 283 Å². The first-order valence-electron chi connectivity index (χ1n) is 16.0. The SMILES string of the molecule is CCCN(CCC(CC)C(=O)c1cc(Sc2cnc(NC(=O)c3ccc(CNC(C)C(C)(C)C)cc3)s2)c(C)cc1OC)C(C)=O. The van der Waals surface area contributed by atoms with Crippen molar-refractivity contribution in [3.05, 3.63) is 64.8 Å². The van der Waals surface area contributed by atoms with Crippen LogP contribution in [0.15, 0.2) is 51.7 Å². The average Bonchev–Trinajstić information content (AvgIpc) is 3.46. The Balaban J connectivity index is 1.68. The highest BCUT2D eigenvalue weighted by Gasteiger charge is 2.25. The molecule has 46 heavy (non-hydrogen) atoms. The quantitative estimate of drug-likeness (QED) is 0.149. The highest BCUT2D eigenvalue weighted by atomic mass is 32.2. The maximum absolute atomic E-state index is 13.7. The molecule has 8 nitrogen and oxygen atoms in total. The maximum atomic E-state index is 13.7. The molecule has 1 heterocycles. The van der Waals surface area contributed by atoms with Gasteiger partial charge in [-0.2, -0.15) is 0 Å². The van der Waals surface area contributed by atoms with E-state index in [9.17, 15) is 14.4 Å². The third-order valence-electron chi connectivity index (χ3n) is 8.36. The lowest BCUT2D eigenvalue weighted by Gasteiger charge is -2.28. The number of aromatic nitrogens is 1. The summed E-state index contributed by atoms with van der Waals surface area (Å²) in [4.78, 5) is 45.9. The fourth-order valence-electron chi connectivity index (χ4n) is 4.87. The lowest BCUT2D eigenvalue weighted by Crippen LogP contribution is -2.37. The third-order valence-corrected chi connectivity index (χ3v) is 10.5. The molecule has 2 aromatic carbocycles. The molecule has 250 valence electrons. The molecule has 0 aliphatic rings. The number of aryl methyl sites for hydroxylation is 1. The predicted octanol–water partition coefficient (Wildman–Crippen LogP) is 8.25. The monoisotopic (exact) mass is 666 g/mol. The summed E-state index contributed by atoms with van der Waals surface area (Å²) in [6.45, 7) is 18.4. The first-order chi connectivity index (χ1) is 21.8. The second-order valence-electron chi connectivity index (χ2n) is 12.8. The number of nitrogens with one attached hydrogen (secondary N) is 2. The van der Waals surface area contributed by atoms with Gasteiger partial charge in [-0.1, -0.05) is 69.9 Å². The summed E-state index contributed by atoms with van der Waals surface area (Å²) in [5.41, 5.74) is 3.37. The van der Waals surface area contributed by atoms with Crippen molar-refractivity contribution < 1.29 is 19.1 Å². The molecule has 0 aliphatic carbocycles. The number of ketones is 1. The molecule has 0 fully saturated rings. The van der Waals surface area contributed by atoms with Gasteiger partial charge in [-0.3, -0.25) is 19.7 Å². The smallest absolute Gasteiger partial charge is 0.257 e. The Hall–Kier alpha value is -3.21. The molecule has 2 unspecified atom stereocenters. The van der Waals surface area contributed by atoms with E-state index in [4.69, 9.17) is 4.74 Å². The molecule has 0 saturated carbocycles. The van der Waals surface area contributed by atoms with Crippen molar-refractivity contribution in [2.75, 3.05) is 25.5 Å². The van der Waals surface area contributed by atoms with Crippen LogP contribution in [-0.2, 0) is 11.3 Å². The number of hydrogen-bond donors (Lipinski definition) is 2. The second kappa shape index (κ2) is 17.1. The molecule has 0 radical (unpaired) electrons. The van der Waals surface area contributed by atoms with Crippen LogP contribution in [0, 0.1) is 18.3 Å².